The number of alkyl halides is 3. The highest BCUT2D eigenvalue weighted by atomic mass is 32.1. The number of carbonyl (C=O) groups is 2. The summed E-state index contributed by atoms with van der Waals surface area (Å²) < 4.78 is 36.4. The molecule has 0 aliphatic rings. The molecule has 0 aliphatic heterocycles. The highest BCUT2D eigenvalue weighted by molar-refractivity contribution is 7.12. The summed E-state index contributed by atoms with van der Waals surface area (Å²) in [4.78, 5) is 22.8. The normalized spacial score (nSPS) is 12.5. The minimum absolute atomic E-state index is 0.0792. The van der Waals surface area contributed by atoms with Gasteiger partial charge in [-0.1, -0.05) is 20.8 Å². The molecule has 1 aromatic heterocycles. The van der Waals surface area contributed by atoms with Crippen molar-refractivity contribution in [2.45, 2.75) is 39.8 Å². The van der Waals surface area contributed by atoms with Crippen LogP contribution >= 0.6 is 11.3 Å². The smallest absolute Gasteiger partial charge is 0.293 e. The quantitative estimate of drug-likeness (QED) is 0.620. The Morgan fingerprint density at radius 3 is 2.26 bits per heavy atom. The predicted octanol–water partition coefficient (Wildman–Crippen LogP) is 4.04. The average Bonchev–Trinajstić information content (AvgIpc) is 2.61. The van der Waals surface area contributed by atoms with E-state index in [2.05, 4.69) is 0 Å². The molecule has 0 spiro atoms. The van der Waals surface area contributed by atoms with Gasteiger partial charge in [0.05, 0.1) is 11.3 Å². The molecule has 106 valence electrons. The number of rotatable bonds is 4. The van der Waals surface area contributed by atoms with Gasteiger partial charge >= 0.3 is 6.18 Å². The third-order valence-corrected chi connectivity index (χ3v) is 3.36. The van der Waals surface area contributed by atoms with Gasteiger partial charge in [0.15, 0.2) is 5.78 Å². The minimum Gasteiger partial charge on any atom is -0.293 e. The van der Waals surface area contributed by atoms with Crippen molar-refractivity contribution in [2.24, 2.45) is 5.41 Å². The van der Waals surface area contributed by atoms with Crippen molar-refractivity contribution < 1.29 is 22.8 Å². The molecule has 0 aromatic carbocycles. The van der Waals surface area contributed by atoms with Crippen LogP contribution in [0.3, 0.4) is 0 Å². The molecule has 0 atom stereocenters. The van der Waals surface area contributed by atoms with E-state index in [1.807, 2.05) is 20.8 Å². The molecule has 0 fully saturated rings. The van der Waals surface area contributed by atoms with E-state index >= 15 is 0 Å². The SMILES string of the molecule is CC(C)(C)Cc1ccsc1C(=O)CC(=O)C(F)(F)F. The van der Waals surface area contributed by atoms with E-state index in [9.17, 15) is 22.8 Å². The third kappa shape index (κ3) is 4.78. The largest absolute Gasteiger partial charge is 0.450 e. The van der Waals surface area contributed by atoms with Crippen molar-refractivity contribution in [3.8, 4) is 0 Å². The molecular weight excluding hydrogens is 277 g/mol. The van der Waals surface area contributed by atoms with Gasteiger partial charge in [0.2, 0.25) is 5.78 Å². The monoisotopic (exact) mass is 292 g/mol. The van der Waals surface area contributed by atoms with Crippen molar-refractivity contribution in [1.29, 1.82) is 0 Å². The van der Waals surface area contributed by atoms with E-state index in [4.69, 9.17) is 0 Å². The Morgan fingerprint density at radius 1 is 1.21 bits per heavy atom. The molecule has 0 unspecified atom stereocenters. The van der Waals surface area contributed by atoms with Crippen molar-refractivity contribution in [3.63, 3.8) is 0 Å². The van der Waals surface area contributed by atoms with Gasteiger partial charge in [0.1, 0.15) is 0 Å². The second-order valence-corrected chi connectivity index (χ2v) is 6.45. The van der Waals surface area contributed by atoms with E-state index < -0.39 is 24.2 Å². The lowest BCUT2D eigenvalue weighted by atomic mass is 9.88. The molecule has 0 N–H and O–H groups in total. The lowest BCUT2D eigenvalue weighted by Crippen LogP contribution is -2.25. The summed E-state index contributed by atoms with van der Waals surface area (Å²) in [6.07, 6.45) is -5.48. The molecule has 1 rings (SSSR count). The van der Waals surface area contributed by atoms with Gasteiger partial charge in [-0.05, 0) is 28.8 Å². The van der Waals surface area contributed by atoms with Gasteiger partial charge in [-0.25, -0.2) is 0 Å². The van der Waals surface area contributed by atoms with Gasteiger partial charge in [-0.2, -0.15) is 13.2 Å². The Morgan fingerprint density at radius 2 is 1.79 bits per heavy atom. The van der Waals surface area contributed by atoms with Gasteiger partial charge in [-0.3, -0.25) is 9.59 Å². The van der Waals surface area contributed by atoms with Gasteiger partial charge in [0, 0.05) is 0 Å². The number of carbonyl (C=O) groups excluding carboxylic acids is 2. The zero-order valence-electron chi connectivity index (χ0n) is 10.9. The van der Waals surface area contributed by atoms with Gasteiger partial charge in [0.25, 0.3) is 0 Å². The molecule has 0 saturated heterocycles. The lowest BCUT2D eigenvalue weighted by molar-refractivity contribution is -0.170. The molecule has 1 heterocycles. The van der Waals surface area contributed by atoms with Crippen LogP contribution in [-0.2, 0) is 11.2 Å². The zero-order valence-corrected chi connectivity index (χ0v) is 11.7. The van der Waals surface area contributed by atoms with Crippen molar-refractivity contribution in [2.75, 3.05) is 0 Å². The Labute approximate surface area is 113 Å². The topological polar surface area (TPSA) is 34.1 Å². The highest BCUT2D eigenvalue weighted by Gasteiger charge is 2.39. The van der Waals surface area contributed by atoms with E-state index in [0.717, 1.165) is 11.3 Å². The maximum atomic E-state index is 12.1. The molecule has 1 aromatic rings. The second-order valence-electron chi connectivity index (χ2n) is 5.53. The maximum absolute atomic E-state index is 12.1. The van der Waals surface area contributed by atoms with Crippen LogP contribution in [0.1, 0.15) is 42.4 Å². The van der Waals surface area contributed by atoms with E-state index in [0.29, 0.717) is 12.0 Å². The molecule has 0 amide bonds. The number of Topliss-reactive ketones (excluding diaryl/α,β-unsaturated/α-hetero) is 2. The molecule has 0 bridgehead atoms. The van der Waals surface area contributed by atoms with Crippen LogP contribution in [0.25, 0.3) is 0 Å². The summed E-state index contributed by atoms with van der Waals surface area (Å²) in [5.74, 6) is -2.75. The standard InChI is InChI=1S/C13H15F3O2S/c1-12(2,3)7-8-4-5-19-11(8)9(17)6-10(18)13(14,15)16/h4-5H,6-7H2,1-3H3. The van der Waals surface area contributed by atoms with Crippen LogP contribution in [0.15, 0.2) is 11.4 Å². The highest BCUT2D eigenvalue weighted by Crippen LogP contribution is 2.28. The molecule has 0 saturated carbocycles. The lowest BCUT2D eigenvalue weighted by Gasteiger charge is -2.18. The van der Waals surface area contributed by atoms with Crippen molar-refractivity contribution >= 4 is 22.9 Å². The molecule has 19 heavy (non-hydrogen) atoms. The summed E-state index contributed by atoms with van der Waals surface area (Å²) in [7, 11) is 0. The van der Waals surface area contributed by atoms with Crippen LogP contribution in [-0.4, -0.2) is 17.7 Å². The fraction of sp³-hybridized carbons (Fsp3) is 0.538. The van der Waals surface area contributed by atoms with Crippen molar-refractivity contribution in [1.82, 2.24) is 0 Å². The fourth-order valence-electron chi connectivity index (χ4n) is 1.62. The molecule has 6 heteroatoms. The predicted molar refractivity (Wildman–Crippen MR) is 67.5 cm³/mol. The summed E-state index contributed by atoms with van der Waals surface area (Å²) in [6, 6.07) is 1.72. The Hall–Kier alpha value is -1.17. The third-order valence-electron chi connectivity index (χ3n) is 2.36. The summed E-state index contributed by atoms with van der Waals surface area (Å²) in [6.45, 7) is 5.92. The number of halogens is 3. The molecule has 2 nitrogen and oxygen atoms in total. The Bertz CT molecular complexity index is 481. The first-order valence-corrected chi connectivity index (χ1v) is 6.58. The number of hydrogen-bond acceptors (Lipinski definition) is 3. The first-order chi connectivity index (χ1) is 8.50. The number of hydrogen-bond donors (Lipinski definition) is 0. The van der Waals surface area contributed by atoms with Crippen LogP contribution in [0.2, 0.25) is 0 Å². The number of ketones is 2. The van der Waals surface area contributed by atoms with Gasteiger partial charge < -0.3 is 0 Å². The molecular formula is C13H15F3O2S. The second kappa shape index (κ2) is 5.45. The van der Waals surface area contributed by atoms with Crippen LogP contribution in [0, 0.1) is 5.41 Å². The van der Waals surface area contributed by atoms with Crippen LogP contribution in [0.5, 0.6) is 0 Å². The Kier molecular flexibility index (Phi) is 4.55. The minimum atomic E-state index is -4.95. The van der Waals surface area contributed by atoms with Crippen LogP contribution < -0.4 is 0 Å². The Balaban J connectivity index is 2.85. The fourth-order valence-corrected chi connectivity index (χ4v) is 2.48. The number of thiophene rings is 1. The summed E-state index contributed by atoms with van der Waals surface area (Å²) in [5, 5.41) is 1.66. The first-order valence-electron chi connectivity index (χ1n) is 5.70. The molecule has 0 aliphatic carbocycles. The first kappa shape index (κ1) is 15.9. The van der Waals surface area contributed by atoms with E-state index in [1.165, 1.54) is 0 Å². The van der Waals surface area contributed by atoms with E-state index in [1.54, 1.807) is 11.4 Å². The zero-order chi connectivity index (χ0) is 14.8. The van der Waals surface area contributed by atoms with E-state index in [-0.39, 0.29) is 10.3 Å². The van der Waals surface area contributed by atoms with Crippen molar-refractivity contribution in [3.05, 3.63) is 21.9 Å². The molecule has 0 radical (unpaired) electrons. The summed E-state index contributed by atoms with van der Waals surface area (Å²) in [5.41, 5.74) is 0.627. The van der Waals surface area contributed by atoms with Gasteiger partial charge in [-0.15, -0.1) is 11.3 Å². The summed E-state index contributed by atoms with van der Waals surface area (Å²) >= 11 is 1.08. The van der Waals surface area contributed by atoms with Crippen LogP contribution in [0.4, 0.5) is 13.2 Å². The average molecular weight is 292 g/mol. The maximum Gasteiger partial charge on any atom is 0.450 e.